The summed E-state index contributed by atoms with van der Waals surface area (Å²) in [5.41, 5.74) is 1.08. The summed E-state index contributed by atoms with van der Waals surface area (Å²) in [4.78, 5) is 12.5. The summed E-state index contributed by atoms with van der Waals surface area (Å²) in [5.74, 6) is 1.22. The topological polar surface area (TPSA) is 75.3 Å². The van der Waals surface area contributed by atoms with Crippen molar-refractivity contribution in [2.75, 3.05) is 7.11 Å². The van der Waals surface area contributed by atoms with E-state index in [-0.39, 0.29) is 5.91 Å². The highest BCUT2D eigenvalue weighted by molar-refractivity contribution is 6.07. The fourth-order valence-corrected chi connectivity index (χ4v) is 2.45. The first kappa shape index (κ1) is 15.9. The van der Waals surface area contributed by atoms with E-state index in [0.717, 1.165) is 0 Å². The summed E-state index contributed by atoms with van der Waals surface area (Å²) in [6.45, 7) is 5.77. The number of carbonyl (C=O) groups excluding carboxylic acids is 1. The molecule has 0 radical (unpaired) electrons. The smallest absolute Gasteiger partial charge is 0.256 e. The number of hydrogen-bond donors (Lipinski definition) is 1. The lowest BCUT2D eigenvalue weighted by Crippen LogP contribution is -2.34. The number of carbonyl (C=O) groups is 1. The fourth-order valence-electron chi connectivity index (χ4n) is 2.45. The van der Waals surface area contributed by atoms with E-state index in [1.807, 2.05) is 13.8 Å². The predicted molar refractivity (Wildman–Crippen MR) is 83.8 cm³/mol. The molecule has 116 valence electrons. The monoisotopic (exact) mass is 300 g/mol. The van der Waals surface area contributed by atoms with E-state index >= 15 is 0 Å². The Morgan fingerprint density at radius 1 is 1.45 bits per heavy atom. The number of ether oxygens (including phenoxy) is 1. The molecule has 1 amide bonds. The van der Waals surface area contributed by atoms with Crippen LogP contribution in [0.15, 0.2) is 22.6 Å². The van der Waals surface area contributed by atoms with Gasteiger partial charge in [-0.25, -0.2) is 0 Å². The van der Waals surface area contributed by atoms with Crippen LogP contribution in [0.25, 0.3) is 11.0 Å². The molecule has 2 aromatic rings. The van der Waals surface area contributed by atoms with Crippen molar-refractivity contribution in [1.29, 1.82) is 5.26 Å². The quantitative estimate of drug-likeness (QED) is 0.918. The van der Waals surface area contributed by atoms with Crippen molar-refractivity contribution >= 4 is 16.9 Å². The zero-order valence-corrected chi connectivity index (χ0v) is 13.3. The van der Waals surface area contributed by atoms with Crippen LogP contribution in [0.2, 0.25) is 0 Å². The number of methoxy groups -OCH3 is 1. The molecule has 0 aliphatic rings. The fraction of sp³-hybridized carbons (Fsp3) is 0.412. The molecule has 5 nitrogen and oxygen atoms in total. The Morgan fingerprint density at radius 2 is 2.18 bits per heavy atom. The number of furan rings is 1. The summed E-state index contributed by atoms with van der Waals surface area (Å²) in [6.07, 6.45) is 0.612. The van der Waals surface area contributed by atoms with Gasteiger partial charge in [0, 0.05) is 5.39 Å². The minimum Gasteiger partial charge on any atom is -0.497 e. The molecule has 1 heterocycles. The van der Waals surface area contributed by atoms with Gasteiger partial charge in [-0.15, -0.1) is 0 Å². The van der Waals surface area contributed by atoms with Gasteiger partial charge < -0.3 is 14.5 Å². The van der Waals surface area contributed by atoms with E-state index in [1.165, 1.54) is 0 Å². The Morgan fingerprint density at radius 3 is 2.77 bits per heavy atom. The van der Waals surface area contributed by atoms with Gasteiger partial charge in [-0.1, -0.05) is 13.8 Å². The zero-order valence-electron chi connectivity index (χ0n) is 13.3. The first-order valence-corrected chi connectivity index (χ1v) is 7.23. The van der Waals surface area contributed by atoms with Crippen molar-refractivity contribution in [3.8, 4) is 11.8 Å². The lowest BCUT2D eigenvalue weighted by atomic mass is 10.0. The van der Waals surface area contributed by atoms with Crippen molar-refractivity contribution in [1.82, 2.24) is 5.32 Å². The Hall–Kier alpha value is -2.48. The summed E-state index contributed by atoms with van der Waals surface area (Å²) in [7, 11) is 1.57. The Kier molecular flexibility index (Phi) is 4.71. The van der Waals surface area contributed by atoms with Crippen molar-refractivity contribution < 1.29 is 13.9 Å². The van der Waals surface area contributed by atoms with Crippen molar-refractivity contribution in [3.05, 3.63) is 29.5 Å². The molecule has 2 rings (SSSR count). The number of hydrogen-bond acceptors (Lipinski definition) is 4. The van der Waals surface area contributed by atoms with Gasteiger partial charge >= 0.3 is 0 Å². The minimum absolute atomic E-state index is 0.295. The lowest BCUT2D eigenvalue weighted by Gasteiger charge is -2.13. The molecule has 1 unspecified atom stereocenters. The van der Waals surface area contributed by atoms with E-state index in [1.54, 1.807) is 32.2 Å². The molecule has 1 atom stereocenters. The van der Waals surface area contributed by atoms with Gasteiger partial charge in [0.25, 0.3) is 5.91 Å². The van der Waals surface area contributed by atoms with Crippen LogP contribution in [0, 0.1) is 24.2 Å². The third kappa shape index (κ3) is 3.22. The number of aryl methyl sites for hydroxylation is 1. The van der Waals surface area contributed by atoms with E-state index in [9.17, 15) is 10.1 Å². The second kappa shape index (κ2) is 6.52. The predicted octanol–water partition coefficient (Wildman–Crippen LogP) is 3.42. The number of nitriles is 1. The highest BCUT2D eigenvalue weighted by Gasteiger charge is 2.21. The highest BCUT2D eigenvalue weighted by Crippen LogP contribution is 2.29. The zero-order chi connectivity index (χ0) is 16.3. The van der Waals surface area contributed by atoms with Crippen LogP contribution in [-0.2, 0) is 0 Å². The van der Waals surface area contributed by atoms with Crippen molar-refractivity contribution in [2.24, 2.45) is 5.92 Å². The van der Waals surface area contributed by atoms with E-state index in [4.69, 9.17) is 9.15 Å². The van der Waals surface area contributed by atoms with Gasteiger partial charge in [0.2, 0.25) is 0 Å². The Labute approximate surface area is 129 Å². The molecular formula is C17H20N2O3. The summed E-state index contributed by atoms with van der Waals surface area (Å²) >= 11 is 0. The second-order valence-electron chi connectivity index (χ2n) is 5.68. The molecule has 1 N–H and O–H groups in total. The van der Waals surface area contributed by atoms with Gasteiger partial charge in [-0.2, -0.15) is 5.26 Å². The molecule has 0 aliphatic heterocycles. The molecule has 0 spiro atoms. The standard InChI is InChI=1S/C17H20N2O3/c1-10(2)7-12(9-18)19-17(20)16-11(3)22-15-6-5-13(21-4)8-14(15)16/h5-6,8,10,12H,7H2,1-4H3,(H,19,20). The summed E-state index contributed by atoms with van der Waals surface area (Å²) in [5, 5.41) is 12.6. The maximum Gasteiger partial charge on any atom is 0.256 e. The van der Waals surface area contributed by atoms with Crippen LogP contribution in [0.4, 0.5) is 0 Å². The number of amides is 1. The van der Waals surface area contributed by atoms with E-state index < -0.39 is 6.04 Å². The van der Waals surface area contributed by atoms with Crippen molar-refractivity contribution in [3.63, 3.8) is 0 Å². The molecule has 0 saturated carbocycles. The van der Waals surface area contributed by atoms with Gasteiger partial charge in [0.15, 0.2) is 0 Å². The third-order valence-electron chi connectivity index (χ3n) is 3.47. The summed E-state index contributed by atoms with van der Waals surface area (Å²) in [6, 6.07) is 6.94. The maximum absolute atomic E-state index is 12.5. The number of fused-ring (bicyclic) bond motifs is 1. The molecule has 0 fully saturated rings. The van der Waals surface area contributed by atoms with Crippen LogP contribution in [-0.4, -0.2) is 19.1 Å². The molecule has 5 heteroatoms. The van der Waals surface area contributed by atoms with Crippen LogP contribution >= 0.6 is 0 Å². The number of nitrogens with one attached hydrogen (secondary N) is 1. The highest BCUT2D eigenvalue weighted by atomic mass is 16.5. The van der Waals surface area contributed by atoms with Gasteiger partial charge in [-0.05, 0) is 37.5 Å². The average molecular weight is 300 g/mol. The van der Waals surface area contributed by atoms with Crippen LogP contribution in [0.5, 0.6) is 5.75 Å². The van der Waals surface area contributed by atoms with Crippen molar-refractivity contribution in [2.45, 2.75) is 33.2 Å². The lowest BCUT2D eigenvalue weighted by molar-refractivity contribution is 0.0942. The SMILES string of the molecule is COc1ccc2oc(C)c(C(=O)NC(C#N)CC(C)C)c2c1. The molecule has 1 aromatic heterocycles. The minimum atomic E-state index is -0.512. The molecule has 0 aliphatic carbocycles. The van der Waals surface area contributed by atoms with Gasteiger partial charge in [-0.3, -0.25) is 4.79 Å². The summed E-state index contributed by atoms with van der Waals surface area (Å²) < 4.78 is 10.8. The third-order valence-corrected chi connectivity index (χ3v) is 3.47. The first-order valence-electron chi connectivity index (χ1n) is 7.23. The molecule has 0 bridgehead atoms. The van der Waals surface area contributed by atoms with Crippen LogP contribution in [0.1, 0.15) is 36.4 Å². The molecular weight excluding hydrogens is 280 g/mol. The van der Waals surface area contributed by atoms with Gasteiger partial charge in [0.05, 0.1) is 18.7 Å². The van der Waals surface area contributed by atoms with Crippen LogP contribution < -0.4 is 10.1 Å². The van der Waals surface area contributed by atoms with E-state index in [2.05, 4.69) is 11.4 Å². The van der Waals surface area contributed by atoms with Crippen LogP contribution in [0.3, 0.4) is 0 Å². The number of nitrogens with zero attached hydrogens (tertiary/aromatic N) is 1. The largest absolute Gasteiger partial charge is 0.497 e. The number of rotatable bonds is 5. The first-order chi connectivity index (χ1) is 10.5. The normalized spacial score (nSPS) is 12.2. The second-order valence-corrected chi connectivity index (χ2v) is 5.68. The van der Waals surface area contributed by atoms with E-state index in [0.29, 0.717) is 40.4 Å². The Balaban J connectivity index is 2.35. The maximum atomic E-state index is 12.5. The Bertz CT molecular complexity index is 725. The number of benzene rings is 1. The molecule has 0 saturated heterocycles. The molecule has 1 aromatic carbocycles. The average Bonchev–Trinajstić information content (AvgIpc) is 2.80. The molecule has 22 heavy (non-hydrogen) atoms. The van der Waals surface area contributed by atoms with Gasteiger partial charge in [0.1, 0.15) is 23.1 Å².